The molecule has 2 fully saturated rings. The quantitative estimate of drug-likeness (QED) is 0.354. The third-order valence-corrected chi connectivity index (χ3v) is 4.98. The highest BCUT2D eigenvalue weighted by atomic mass is 127. The molecule has 0 bridgehead atoms. The van der Waals surface area contributed by atoms with E-state index in [4.69, 9.17) is 4.99 Å². The first-order valence-corrected chi connectivity index (χ1v) is 9.68. The van der Waals surface area contributed by atoms with E-state index in [0.717, 1.165) is 50.4 Å². The van der Waals surface area contributed by atoms with Gasteiger partial charge in [-0.2, -0.15) is 5.10 Å². The van der Waals surface area contributed by atoms with Crippen LogP contribution in [0.2, 0.25) is 0 Å². The van der Waals surface area contributed by atoms with Crippen LogP contribution in [-0.4, -0.2) is 83.3 Å². The van der Waals surface area contributed by atoms with Crippen LogP contribution >= 0.6 is 24.0 Å². The molecule has 0 atom stereocenters. The van der Waals surface area contributed by atoms with Crippen molar-refractivity contribution < 1.29 is 4.79 Å². The summed E-state index contributed by atoms with van der Waals surface area (Å²) in [5, 5.41) is 7.50. The Kier molecular flexibility index (Phi) is 8.33. The number of aryl methyl sites for hydroxylation is 1. The van der Waals surface area contributed by atoms with Gasteiger partial charge in [0, 0.05) is 45.5 Å². The molecule has 1 amide bonds. The summed E-state index contributed by atoms with van der Waals surface area (Å²) in [5.41, 5.74) is 0.863. The van der Waals surface area contributed by atoms with E-state index in [1.165, 1.54) is 12.8 Å². The van der Waals surface area contributed by atoms with Gasteiger partial charge >= 0.3 is 0 Å². The Morgan fingerprint density at radius 2 is 2.15 bits per heavy atom. The van der Waals surface area contributed by atoms with Crippen molar-refractivity contribution in [3.63, 3.8) is 0 Å². The molecule has 9 heteroatoms. The molecule has 1 saturated carbocycles. The number of rotatable bonds is 7. The zero-order valence-electron chi connectivity index (χ0n) is 16.6. The molecular formula is C18H32IN7O. The number of hydrogen-bond donors (Lipinski definition) is 1. The van der Waals surface area contributed by atoms with Gasteiger partial charge in [-0.15, -0.1) is 24.0 Å². The molecule has 0 unspecified atom stereocenters. The van der Waals surface area contributed by atoms with Gasteiger partial charge in [-0.05, 0) is 26.3 Å². The fourth-order valence-electron chi connectivity index (χ4n) is 3.42. The fraction of sp³-hybridized carbons (Fsp3) is 0.722. The smallest absolute Gasteiger partial charge is 0.246 e. The molecule has 27 heavy (non-hydrogen) atoms. The van der Waals surface area contributed by atoms with Crippen LogP contribution in [0, 0.1) is 0 Å². The van der Waals surface area contributed by atoms with E-state index in [1.807, 2.05) is 13.2 Å². The average Bonchev–Trinajstić information content (AvgIpc) is 3.38. The Bertz CT molecular complexity index is 643. The van der Waals surface area contributed by atoms with Gasteiger partial charge in [0.15, 0.2) is 5.96 Å². The number of halogens is 1. The van der Waals surface area contributed by atoms with Crippen LogP contribution in [0.15, 0.2) is 17.4 Å². The molecule has 1 aliphatic heterocycles. The van der Waals surface area contributed by atoms with Crippen LogP contribution < -0.4 is 10.2 Å². The third kappa shape index (κ3) is 5.81. The second-order valence-electron chi connectivity index (χ2n) is 6.93. The predicted molar refractivity (Wildman–Crippen MR) is 119 cm³/mol. The van der Waals surface area contributed by atoms with Gasteiger partial charge in [0.2, 0.25) is 5.91 Å². The number of likely N-dealkylation sites (N-methyl/N-ethyl adjacent to an activating group) is 1. The number of carbonyl (C=O) groups excluding carboxylic acids is 1. The van der Waals surface area contributed by atoms with Gasteiger partial charge < -0.3 is 15.1 Å². The molecule has 8 nitrogen and oxygen atoms in total. The van der Waals surface area contributed by atoms with Gasteiger partial charge in [-0.1, -0.05) is 6.92 Å². The Labute approximate surface area is 179 Å². The van der Waals surface area contributed by atoms with Crippen molar-refractivity contribution >= 4 is 41.5 Å². The molecule has 3 rings (SSSR count). The molecule has 2 aliphatic rings. The maximum atomic E-state index is 12.6. The summed E-state index contributed by atoms with van der Waals surface area (Å²) in [7, 11) is 1.86. The monoisotopic (exact) mass is 489 g/mol. The van der Waals surface area contributed by atoms with Crippen LogP contribution in [-0.2, 0) is 11.8 Å². The largest absolute Gasteiger partial charge is 0.357 e. The van der Waals surface area contributed by atoms with Gasteiger partial charge in [0.05, 0.1) is 18.4 Å². The molecule has 0 spiro atoms. The topological polar surface area (TPSA) is 69.0 Å². The summed E-state index contributed by atoms with van der Waals surface area (Å²) in [6.45, 7) is 9.68. The molecule has 152 valence electrons. The number of aliphatic imine (C=N–C) groups is 1. The molecular weight excluding hydrogens is 457 g/mol. The van der Waals surface area contributed by atoms with E-state index in [9.17, 15) is 4.79 Å². The SMILES string of the molecule is CCNC(=NCCN(CC)C1CC1)N1CCN(c2cnn(C)c2)C(=O)C1.I. The number of nitrogens with one attached hydrogen (secondary N) is 1. The predicted octanol–water partition coefficient (Wildman–Crippen LogP) is 1.14. The molecule has 0 radical (unpaired) electrons. The van der Waals surface area contributed by atoms with E-state index < -0.39 is 0 Å². The summed E-state index contributed by atoms with van der Waals surface area (Å²) in [6, 6.07) is 0.766. The number of aromatic nitrogens is 2. The minimum atomic E-state index is 0. The van der Waals surface area contributed by atoms with E-state index in [-0.39, 0.29) is 29.9 Å². The Balaban J connectivity index is 0.00000261. The molecule has 0 aromatic carbocycles. The number of guanidine groups is 1. The summed E-state index contributed by atoms with van der Waals surface area (Å²) in [4.78, 5) is 23.7. The van der Waals surface area contributed by atoms with E-state index in [1.54, 1.807) is 15.8 Å². The van der Waals surface area contributed by atoms with Gasteiger partial charge in [0.25, 0.3) is 0 Å². The Morgan fingerprint density at radius 3 is 2.70 bits per heavy atom. The highest BCUT2D eigenvalue weighted by Gasteiger charge is 2.29. The number of carbonyl (C=O) groups is 1. The third-order valence-electron chi connectivity index (χ3n) is 4.98. The first-order chi connectivity index (χ1) is 12.6. The summed E-state index contributed by atoms with van der Waals surface area (Å²) in [5.74, 6) is 0.932. The van der Waals surface area contributed by atoms with Crippen molar-refractivity contribution in [2.24, 2.45) is 12.0 Å². The standard InChI is InChI=1S/C18H31N7O.HI/c1-4-19-18(20-8-9-23(5-2)15-6-7-15)24-10-11-25(17(26)14-24)16-12-21-22(3)13-16;/h12-13,15H,4-11,14H2,1-3H3,(H,19,20);1H. The van der Waals surface area contributed by atoms with Crippen molar-refractivity contribution in [3.8, 4) is 0 Å². The number of hydrogen-bond acceptors (Lipinski definition) is 4. The highest BCUT2D eigenvalue weighted by Crippen LogP contribution is 2.26. The van der Waals surface area contributed by atoms with E-state index in [2.05, 4.69) is 34.1 Å². The zero-order chi connectivity index (χ0) is 18.5. The van der Waals surface area contributed by atoms with Gasteiger partial charge in [-0.3, -0.25) is 19.4 Å². The first-order valence-electron chi connectivity index (χ1n) is 9.68. The summed E-state index contributed by atoms with van der Waals surface area (Å²) in [6.07, 6.45) is 6.26. The molecule has 1 saturated heterocycles. The summed E-state index contributed by atoms with van der Waals surface area (Å²) < 4.78 is 1.72. The number of amides is 1. The van der Waals surface area contributed by atoms with Gasteiger partial charge in [0.1, 0.15) is 6.54 Å². The lowest BCUT2D eigenvalue weighted by atomic mass is 10.3. The summed E-state index contributed by atoms with van der Waals surface area (Å²) >= 11 is 0. The zero-order valence-corrected chi connectivity index (χ0v) is 18.9. The van der Waals surface area contributed by atoms with Crippen LogP contribution in [0.4, 0.5) is 5.69 Å². The average molecular weight is 489 g/mol. The van der Waals surface area contributed by atoms with Crippen molar-refractivity contribution in [2.45, 2.75) is 32.7 Å². The Hall–Kier alpha value is -1.36. The van der Waals surface area contributed by atoms with Crippen molar-refractivity contribution in [2.75, 3.05) is 50.7 Å². The second-order valence-corrected chi connectivity index (χ2v) is 6.93. The molecule has 1 N–H and O–H groups in total. The van der Waals surface area contributed by atoms with E-state index >= 15 is 0 Å². The maximum Gasteiger partial charge on any atom is 0.246 e. The van der Waals surface area contributed by atoms with Crippen LogP contribution in [0.3, 0.4) is 0 Å². The molecule has 1 aromatic rings. The molecule has 2 heterocycles. The highest BCUT2D eigenvalue weighted by molar-refractivity contribution is 14.0. The normalized spacial score (nSPS) is 18.1. The maximum absolute atomic E-state index is 12.6. The minimum absolute atomic E-state index is 0. The fourth-order valence-corrected chi connectivity index (χ4v) is 3.42. The van der Waals surface area contributed by atoms with Gasteiger partial charge in [-0.25, -0.2) is 0 Å². The van der Waals surface area contributed by atoms with Crippen molar-refractivity contribution in [1.29, 1.82) is 0 Å². The molecule has 1 aromatic heterocycles. The number of anilines is 1. The lowest BCUT2D eigenvalue weighted by molar-refractivity contribution is -0.120. The Morgan fingerprint density at radius 1 is 1.37 bits per heavy atom. The molecule has 1 aliphatic carbocycles. The second kappa shape index (κ2) is 10.3. The van der Waals surface area contributed by atoms with Crippen LogP contribution in [0.25, 0.3) is 0 Å². The lowest BCUT2D eigenvalue weighted by Gasteiger charge is -2.35. The van der Waals surface area contributed by atoms with E-state index in [0.29, 0.717) is 13.1 Å². The lowest BCUT2D eigenvalue weighted by Crippen LogP contribution is -2.55. The minimum Gasteiger partial charge on any atom is -0.357 e. The first kappa shape index (κ1) is 21.9. The van der Waals surface area contributed by atoms with Crippen LogP contribution in [0.1, 0.15) is 26.7 Å². The van der Waals surface area contributed by atoms with Crippen LogP contribution in [0.5, 0.6) is 0 Å². The van der Waals surface area contributed by atoms with Crippen molar-refractivity contribution in [3.05, 3.63) is 12.4 Å². The van der Waals surface area contributed by atoms with Crippen molar-refractivity contribution in [1.82, 2.24) is 24.9 Å². The number of piperazine rings is 1. The number of nitrogens with zero attached hydrogens (tertiary/aromatic N) is 6.